The summed E-state index contributed by atoms with van der Waals surface area (Å²) in [4.78, 5) is 28.0. The smallest absolute Gasteiger partial charge is 0.244 e. The molecule has 0 saturated heterocycles. The van der Waals surface area contributed by atoms with Crippen LogP contribution in [0.25, 0.3) is 0 Å². The summed E-state index contributed by atoms with van der Waals surface area (Å²) in [5.74, 6) is 0.0500. The van der Waals surface area contributed by atoms with Gasteiger partial charge in [-0.05, 0) is 37.0 Å². The van der Waals surface area contributed by atoms with E-state index in [-0.39, 0.29) is 18.1 Å². The van der Waals surface area contributed by atoms with Crippen LogP contribution < -0.4 is 19.1 Å². The van der Waals surface area contributed by atoms with Crippen LogP contribution in [0.15, 0.2) is 48.5 Å². The number of carbonyl (C=O) groups excluding carboxylic acids is 2. The summed E-state index contributed by atoms with van der Waals surface area (Å²) in [5, 5.41) is 2.86. The molecular formula is C26H37N3O6S. The first-order valence-electron chi connectivity index (χ1n) is 12.0. The number of nitrogens with zero attached hydrogens (tertiary/aromatic N) is 2. The van der Waals surface area contributed by atoms with Crippen molar-refractivity contribution in [2.45, 2.75) is 39.2 Å². The third-order valence-electron chi connectivity index (χ3n) is 5.75. The Morgan fingerprint density at radius 2 is 1.67 bits per heavy atom. The van der Waals surface area contributed by atoms with E-state index in [2.05, 4.69) is 5.32 Å². The van der Waals surface area contributed by atoms with Gasteiger partial charge >= 0.3 is 0 Å². The van der Waals surface area contributed by atoms with Crippen LogP contribution in [0.3, 0.4) is 0 Å². The Kier molecular flexibility index (Phi) is 11.0. The second-order valence-corrected chi connectivity index (χ2v) is 10.3. The molecule has 2 aromatic carbocycles. The van der Waals surface area contributed by atoms with Gasteiger partial charge in [-0.1, -0.05) is 44.2 Å². The first-order valence-corrected chi connectivity index (χ1v) is 13.8. The van der Waals surface area contributed by atoms with Crippen LogP contribution in [-0.2, 0) is 26.0 Å². The van der Waals surface area contributed by atoms with E-state index in [1.54, 1.807) is 12.1 Å². The Hall–Kier alpha value is -3.27. The van der Waals surface area contributed by atoms with Gasteiger partial charge in [-0.25, -0.2) is 8.42 Å². The normalized spacial score (nSPS) is 11.9. The molecule has 0 fully saturated rings. The maximum absolute atomic E-state index is 13.6. The predicted molar refractivity (Wildman–Crippen MR) is 141 cm³/mol. The Morgan fingerprint density at radius 3 is 2.22 bits per heavy atom. The third-order valence-corrected chi connectivity index (χ3v) is 6.89. The van der Waals surface area contributed by atoms with Crippen molar-refractivity contribution in [2.24, 2.45) is 0 Å². The lowest BCUT2D eigenvalue weighted by atomic mass is 10.1. The molecule has 9 nitrogen and oxygen atoms in total. The van der Waals surface area contributed by atoms with Crippen molar-refractivity contribution in [3.8, 4) is 11.5 Å². The molecule has 0 aliphatic carbocycles. The molecule has 0 unspecified atom stereocenters. The Bertz CT molecular complexity index is 1110. The molecule has 2 amide bonds. The minimum Gasteiger partial charge on any atom is -0.493 e. The maximum Gasteiger partial charge on any atom is 0.244 e. The monoisotopic (exact) mass is 519 g/mol. The van der Waals surface area contributed by atoms with E-state index in [4.69, 9.17) is 9.47 Å². The molecule has 0 aliphatic heterocycles. The molecule has 2 aromatic rings. The maximum atomic E-state index is 13.6. The highest BCUT2D eigenvalue weighted by Gasteiger charge is 2.31. The Labute approximate surface area is 214 Å². The van der Waals surface area contributed by atoms with Gasteiger partial charge in [0.1, 0.15) is 12.6 Å². The summed E-state index contributed by atoms with van der Waals surface area (Å²) >= 11 is 0. The Balaban J connectivity index is 2.39. The minimum absolute atomic E-state index is 0.252. The van der Waals surface area contributed by atoms with Gasteiger partial charge in [-0.15, -0.1) is 0 Å². The third kappa shape index (κ3) is 7.87. The lowest BCUT2D eigenvalue weighted by Crippen LogP contribution is -2.53. The van der Waals surface area contributed by atoms with Crippen molar-refractivity contribution in [1.82, 2.24) is 10.2 Å². The van der Waals surface area contributed by atoms with Crippen molar-refractivity contribution in [3.63, 3.8) is 0 Å². The highest BCUT2D eigenvalue weighted by atomic mass is 32.2. The van der Waals surface area contributed by atoms with Gasteiger partial charge in [-0.3, -0.25) is 13.9 Å². The van der Waals surface area contributed by atoms with Crippen molar-refractivity contribution in [3.05, 3.63) is 54.1 Å². The zero-order chi connectivity index (χ0) is 26.7. The molecule has 0 spiro atoms. The Morgan fingerprint density at radius 1 is 1.00 bits per heavy atom. The first-order chi connectivity index (χ1) is 17.2. The van der Waals surface area contributed by atoms with Gasteiger partial charge in [0.05, 0.1) is 26.2 Å². The second-order valence-electron chi connectivity index (χ2n) is 8.35. The van der Waals surface area contributed by atoms with Gasteiger partial charge in [-0.2, -0.15) is 0 Å². The molecule has 1 atom stereocenters. The fraction of sp³-hybridized carbons (Fsp3) is 0.462. The van der Waals surface area contributed by atoms with Gasteiger partial charge in [0.15, 0.2) is 11.5 Å². The highest BCUT2D eigenvalue weighted by molar-refractivity contribution is 7.92. The molecular weight excluding hydrogens is 482 g/mol. The number of ether oxygens (including phenoxy) is 2. The molecule has 36 heavy (non-hydrogen) atoms. The SMILES string of the molecule is CCCNC(=O)[C@@H](CC)N(CCc1ccccc1)C(=O)CN(c1ccc(OC)c(OC)c1)S(C)(=O)=O. The standard InChI is InChI=1S/C26H37N3O6S/c1-6-16-27-26(31)22(7-2)28(17-15-20-11-9-8-10-12-20)25(30)19-29(36(5,32)33)21-13-14-23(34-3)24(18-21)35-4/h8-14,18,22H,6-7,15-17,19H2,1-5H3,(H,27,31)/t22-/m1/s1. The number of carbonyl (C=O) groups is 2. The first kappa shape index (κ1) is 29.0. The molecule has 0 bridgehead atoms. The van der Waals surface area contributed by atoms with Crippen LogP contribution in [0.2, 0.25) is 0 Å². The fourth-order valence-corrected chi connectivity index (χ4v) is 4.70. The predicted octanol–water partition coefficient (Wildman–Crippen LogP) is 2.85. The topological polar surface area (TPSA) is 105 Å². The molecule has 0 saturated carbocycles. The van der Waals surface area contributed by atoms with Gasteiger partial charge < -0.3 is 19.7 Å². The number of hydrogen-bond donors (Lipinski definition) is 1. The number of amides is 2. The van der Waals surface area contributed by atoms with Crippen LogP contribution in [0, 0.1) is 0 Å². The van der Waals surface area contributed by atoms with Gasteiger partial charge in [0, 0.05) is 19.2 Å². The van der Waals surface area contributed by atoms with E-state index < -0.39 is 28.5 Å². The number of methoxy groups -OCH3 is 2. The minimum atomic E-state index is -3.84. The summed E-state index contributed by atoms with van der Waals surface area (Å²) < 4.78 is 37.1. The van der Waals surface area contributed by atoms with E-state index in [0.717, 1.165) is 22.5 Å². The van der Waals surface area contributed by atoms with Crippen LogP contribution >= 0.6 is 0 Å². The van der Waals surface area contributed by atoms with Gasteiger partial charge in [0.2, 0.25) is 21.8 Å². The lowest BCUT2D eigenvalue weighted by Gasteiger charge is -2.33. The molecule has 198 valence electrons. The highest BCUT2D eigenvalue weighted by Crippen LogP contribution is 2.32. The number of anilines is 1. The van der Waals surface area contributed by atoms with Crippen LogP contribution in [0.4, 0.5) is 5.69 Å². The van der Waals surface area contributed by atoms with Crippen molar-refractivity contribution >= 4 is 27.5 Å². The quantitative estimate of drug-likeness (QED) is 0.412. The zero-order valence-corrected chi connectivity index (χ0v) is 22.5. The van der Waals surface area contributed by atoms with E-state index in [1.165, 1.54) is 25.2 Å². The fourth-order valence-electron chi connectivity index (χ4n) is 3.86. The summed E-state index contributed by atoms with van der Waals surface area (Å²) in [6.07, 6.45) is 2.72. The van der Waals surface area contributed by atoms with E-state index >= 15 is 0 Å². The molecule has 0 aromatic heterocycles. The summed E-state index contributed by atoms with van der Waals surface area (Å²) in [6, 6.07) is 13.6. The van der Waals surface area contributed by atoms with Gasteiger partial charge in [0.25, 0.3) is 0 Å². The largest absolute Gasteiger partial charge is 0.493 e. The number of sulfonamides is 1. The van der Waals surface area contributed by atoms with E-state index in [9.17, 15) is 18.0 Å². The van der Waals surface area contributed by atoms with Crippen molar-refractivity contribution in [2.75, 3.05) is 44.4 Å². The lowest BCUT2D eigenvalue weighted by molar-refractivity contribution is -0.139. The van der Waals surface area contributed by atoms with E-state index in [0.29, 0.717) is 30.9 Å². The van der Waals surface area contributed by atoms with Crippen molar-refractivity contribution < 1.29 is 27.5 Å². The molecule has 0 radical (unpaired) electrons. The van der Waals surface area contributed by atoms with Crippen molar-refractivity contribution in [1.29, 1.82) is 0 Å². The van der Waals surface area contributed by atoms with Crippen LogP contribution in [0.1, 0.15) is 32.3 Å². The average Bonchev–Trinajstić information content (AvgIpc) is 2.87. The summed E-state index contributed by atoms with van der Waals surface area (Å²) in [7, 11) is -0.907. The number of hydrogen-bond acceptors (Lipinski definition) is 6. The van der Waals surface area contributed by atoms with Crippen LogP contribution in [-0.4, -0.2) is 71.3 Å². The van der Waals surface area contributed by atoms with E-state index in [1.807, 2.05) is 44.2 Å². The molecule has 0 heterocycles. The number of nitrogens with one attached hydrogen (secondary N) is 1. The second kappa shape index (κ2) is 13.7. The van der Waals surface area contributed by atoms with Crippen LogP contribution in [0.5, 0.6) is 11.5 Å². The molecule has 1 N–H and O–H groups in total. The number of benzene rings is 2. The number of rotatable bonds is 14. The molecule has 2 rings (SSSR count). The summed E-state index contributed by atoms with van der Waals surface area (Å²) in [6.45, 7) is 4.09. The molecule has 10 heteroatoms. The summed E-state index contributed by atoms with van der Waals surface area (Å²) in [5.41, 5.74) is 1.27. The average molecular weight is 520 g/mol. The molecule has 0 aliphatic rings. The zero-order valence-electron chi connectivity index (χ0n) is 21.7.